The lowest BCUT2D eigenvalue weighted by Crippen LogP contribution is -2.60. The third kappa shape index (κ3) is 2.74. The molecule has 1 aliphatic rings. The molecule has 6 heteroatoms. The van der Waals surface area contributed by atoms with Gasteiger partial charge in [-0.1, -0.05) is 36.4 Å². The maximum absolute atomic E-state index is 12.3. The minimum Gasteiger partial charge on any atom is -0.482 e. The summed E-state index contributed by atoms with van der Waals surface area (Å²) in [6.45, 7) is 3.23. The van der Waals surface area contributed by atoms with Crippen molar-refractivity contribution in [1.82, 2.24) is 9.78 Å². The van der Waals surface area contributed by atoms with Crippen molar-refractivity contribution in [3.63, 3.8) is 0 Å². The highest BCUT2D eigenvalue weighted by Gasteiger charge is 2.56. The molecule has 6 nitrogen and oxygen atoms in total. The second-order valence-electron chi connectivity index (χ2n) is 7.15. The predicted octanol–water partition coefficient (Wildman–Crippen LogP) is 2.22. The maximum atomic E-state index is 12.3. The predicted molar refractivity (Wildman–Crippen MR) is 100.0 cm³/mol. The molecule has 1 aliphatic heterocycles. The minimum absolute atomic E-state index is 0.300. The number of benzene rings is 2. The van der Waals surface area contributed by atoms with E-state index >= 15 is 0 Å². The van der Waals surface area contributed by atoms with E-state index in [1.807, 2.05) is 24.3 Å². The van der Waals surface area contributed by atoms with Crippen molar-refractivity contribution in [2.75, 3.05) is 0 Å². The summed E-state index contributed by atoms with van der Waals surface area (Å²) >= 11 is 0. The van der Waals surface area contributed by atoms with Crippen LogP contribution >= 0.6 is 0 Å². The van der Waals surface area contributed by atoms with Crippen LogP contribution in [0, 0.1) is 0 Å². The minimum atomic E-state index is -2.23. The van der Waals surface area contributed by atoms with Gasteiger partial charge in [0.15, 0.2) is 5.60 Å². The summed E-state index contributed by atoms with van der Waals surface area (Å²) in [6, 6.07) is 19.1. The van der Waals surface area contributed by atoms with Gasteiger partial charge in [-0.05, 0) is 38.1 Å². The normalized spacial score (nSPS) is 19.8. The summed E-state index contributed by atoms with van der Waals surface area (Å²) in [7, 11) is 0. The van der Waals surface area contributed by atoms with Crippen LogP contribution in [-0.4, -0.2) is 31.4 Å². The number of rotatable bonds is 2. The average Bonchev–Trinajstić information content (AvgIpc) is 2.64. The van der Waals surface area contributed by atoms with Gasteiger partial charge in [0, 0.05) is 11.6 Å². The van der Waals surface area contributed by atoms with Gasteiger partial charge in [-0.2, -0.15) is 9.78 Å². The van der Waals surface area contributed by atoms with Crippen LogP contribution in [0.15, 0.2) is 71.5 Å². The Hall–Kier alpha value is -2.96. The molecule has 2 aromatic carbocycles. The fourth-order valence-electron chi connectivity index (χ4n) is 3.43. The van der Waals surface area contributed by atoms with Crippen molar-refractivity contribution in [3.8, 4) is 11.4 Å². The van der Waals surface area contributed by atoms with Gasteiger partial charge in [-0.15, -0.1) is 0 Å². The summed E-state index contributed by atoms with van der Waals surface area (Å²) < 4.78 is 7.09. The van der Waals surface area contributed by atoms with Crippen LogP contribution in [0.25, 0.3) is 5.69 Å². The van der Waals surface area contributed by atoms with E-state index in [1.54, 1.807) is 44.2 Å². The van der Waals surface area contributed by atoms with Crippen molar-refractivity contribution in [2.45, 2.75) is 31.2 Å². The van der Waals surface area contributed by atoms with E-state index in [1.165, 1.54) is 16.8 Å². The van der Waals surface area contributed by atoms with Gasteiger partial charge in [0.05, 0.1) is 17.3 Å². The highest BCUT2D eigenvalue weighted by atomic mass is 16.6. The molecule has 27 heavy (non-hydrogen) atoms. The van der Waals surface area contributed by atoms with Crippen LogP contribution in [0.1, 0.15) is 31.0 Å². The molecular weight excluding hydrogens is 344 g/mol. The van der Waals surface area contributed by atoms with Crippen LogP contribution in [0.2, 0.25) is 0 Å². The molecule has 3 aromatic rings. The number of aliphatic hydroxyl groups is 2. The number of para-hydroxylation sites is 2. The molecule has 2 N–H and O–H groups in total. The Morgan fingerprint density at radius 1 is 0.963 bits per heavy atom. The lowest BCUT2D eigenvalue weighted by Gasteiger charge is -2.47. The summed E-state index contributed by atoms with van der Waals surface area (Å²) in [6.07, 6.45) is 0. The van der Waals surface area contributed by atoms with Crippen LogP contribution in [0.5, 0.6) is 5.75 Å². The molecule has 0 spiro atoms. The fourth-order valence-corrected chi connectivity index (χ4v) is 3.43. The monoisotopic (exact) mass is 364 g/mol. The lowest BCUT2D eigenvalue weighted by atomic mass is 9.76. The molecule has 0 fully saturated rings. The maximum Gasteiger partial charge on any atom is 0.271 e. The number of hydrogen-bond acceptors (Lipinski definition) is 5. The first-order chi connectivity index (χ1) is 12.8. The number of aromatic nitrogens is 2. The highest BCUT2D eigenvalue weighted by molar-refractivity contribution is 5.46. The number of ether oxygens (including phenoxy) is 1. The molecule has 1 atom stereocenters. The van der Waals surface area contributed by atoms with Crippen molar-refractivity contribution >= 4 is 0 Å². The molecule has 0 amide bonds. The average molecular weight is 364 g/mol. The summed E-state index contributed by atoms with van der Waals surface area (Å²) in [5, 5.41) is 26.4. The molecule has 4 rings (SSSR count). The van der Waals surface area contributed by atoms with E-state index in [0.717, 1.165) is 0 Å². The fraction of sp³-hybridized carbons (Fsp3) is 0.238. The highest BCUT2D eigenvalue weighted by Crippen LogP contribution is 2.48. The molecule has 0 saturated heterocycles. The topological polar surface area (TPSA) is 84.6 Å². The third-order valence-electron chi connectivity index (χ3n) is 5.00. The zero-order valence-corrected chi connectivity index (χ0v) is 15.0. The van der Waals surface area contributed by atoms with Crippen molar-refractivity contribution < 1.29 is 14.9 Å². The van der Waals surface area contributed by atoms with Crippen LogP contribution in [0.3, 0.4) is 0 Å². The molecule has 138 valence electrons. The summed E-state index contributed by atoms with van der Waals surface area (Å²) in [5.74, 6) is -2.55. The van der Waals surface area contributed by atoms with Gasteiger partial charge < -0.3 is 14.9 Å². The first-order valence-electron chi connectivity index (χ1n) is 8.70. The first kappa shape index (κ1) is 17.5. The second-order valence-corrected chi connectivity index (χ2v) is 7.15. The van der Waals surface area contributed by atoms with Crippen LogP contribution < -0.4 is 10.3 Å². The van der Waals surface area contributed by atoms with Gasteiger partial charge in [0.25, 0.3) is 5.56 Å². The third-order valence-corrected chi connectivity index (χ3v) is 5.00. The molecule has 0 aliphatic carbocycles. The molecule has 0 radical (unpaired) electrons. The molecule has 2 heterocycles. The Morgan fingerprint density at radius 3 is 2.37 bits per heavy atom. The summed E-state index contributed by atoms with van der Waals surface area (Å²) in [5.41, 5.74) is -0.00199. The molecule has 1 unspecified atom stereocenters. The molecule has 0 bridgehead atoms. The van der Waals surface area contributed by atoms with E-state index in [4.69, 9.17) is 4.74 Å². The molecule has 0 saturated carbocycles. The largest absolute Gasteiger partial charge is 0.482 e. The van der Waals surface area contributed by atoms with Gasteiger partial charge in [-0.3, -0.25) is 4.79 Å². The number of nitrogens with zero attached hydrogens (tertiary/aromatic N) is 2. The van der Waals surface area contributed by atoms with Gasteiger partial charge in [0.2, 0.25) is 5.79 Å². The lowest BCUT2D eigenvalue weighted by molar-refractivity contribution is -0.269. The standard InChI is InChI=1S/C21H20N2O4/c1-20(2)21(25,26)19(15-10-6-7-11-17(15)27-20)16-12-13-18(24)23(22-16)14-8-4-3-5-9-14/h3-13,19,25-26H,1-2H3. The van der Waals surface area contributed by atoms with E-state index in [2.05, 4.69) is 5.10 Å². The summed E-state index contributed by atoms with van der Waals surface area (Å²) in [4.78, 5) is 12.3. The van der Waals surface area contributed by atoms with Crippen LogP contribution in [-0.2, 0) is 0 Å². The Kier molecular flexibility index (Phi) is 3.91. The zero-order chi connectivity index (χ0) is 19.2. The van der Waals surface area contributed by atoms with E-state index < -0.39 is 17.3 Å². The number of fused-ring (bicyclic) bond motifs is 1. The Labute approximate surface area is 156 Å². The SMILES string of the molecule is CC1(C)Oc2ccccc2C(c2ccc(=O)n(-c3ccccc3)n2)C1(O)O. The quantitative estimate of drug-likeness (QED) is 0.681. The van der Waals surface area contributed by atoms with E-state index in [0.29, 0.717) is 22.7 Å². The van der Waals surface area contributed by atoms with Crippen molar-refractivity contribution in [2.24, 2.45) is 0 Å². The van der Waals surface area contributed by atoms with Crippen molar-refractivity contribution in [3.05, 3.63) is 88.3 Å². The number of hydrogen-bond donors (Lipinski definition) is 2. The van der Waals surface area contributed by atoms with Gasteiger partial charge >= 0.3 is 0 Å². The second kappa shape index (κ2) is 6.04. The first-order valence-corrected chi connectivity index (χ1v) is 8.70. The van der Waals surface area contributed by atoms with Crippen LogP contribution in [0.4, 0.5) is 0 Å². The Bertz CT molecular complexity index is 1040. The Morgan fingerprint density at radius 2 is 1.63 bits per heavy atom. The smallest absolute Gasteiger partial charge is 0.271 e. The zero-order valence-electron chi connectivity index (χ0n) is 15.0. The molecular formula is C21H20N2O4. The molecule has 1 aromatic heterocycles. The Balaban J connectivity index is 1.93. The van der Waals surface area contributed by atoms with Gasteiger partial charge in [-0.25, -0.2) is 0 Å². The van der Waals surface area contributed by atoms with Gasteiger partial charge in [0.1, 0.15) is 5.75 Å². The van der Waals surface area contributed by atoms with E-state index in [9.17, 15) is 15.0 Å². The van der Waals surface area contributed by atoms with Crippen molar-refractivity contribution in [1.29, 1.82) is 0 Å². The van der Waals surface area contributed by atoms with E-state index in [-0.39, 0.29) is 5.56 Å².